The standard InChI is InChI=1S/C14H21N2O/c1-12(16-9-7-15(2)8-10-16)13-5-4-6-14(11-13)17-3/h4-6,11-12H,1,7-10H2,2-3H3. The Labute approximate surface area is 104 Å². The van der Waals surface area contributed by atoms with Gasteiger partial charge in [-0.2, -0.15) is 0 Å². The lowest BCUT2D eigenvalue weighted by molar-refractivity contribution is 0.129. The molecule has 2 rings (SSSR count). The molecule has 1 aliphatic heterocycles. The van der Waals surface area contributed by atoms with Crippen LogP contribution in [0, 0.1) is 6.92 Å². The number of nitrogens with zero attached hydrogens (tertiary/aromatic N) is 2. The van der Waals surface area contributed by atoms with Gasteiger partial charge in [0.15, 0.2) is 0 Å². The molecule has 1 atom stereocenters. The Morgan fingerprint density at radius 3 is 2.59 bits per heavy atom. The number of piperazine rings is 1. The van der Waals surface area contributed by atoms with E-state index in [2.05, 4.69) is 35.9 Å². The lowest BCUT2D eigenvalue weighted by atomic mass is 10.1. The summed E-state index contributed by atoms with van der Waals surface area (Å²) < 4.78 is 5.25. The third-order valence-corrected chi connectivity index (χ3v) is 3.46. The van der Waals surface area contributed by atoms with Crippen LogP contribution in [0.1, 0.15) is 11.6 Å². The lowest BCUT2D eigenvalue weighted by Crippen LogP contribution is -2.45. The predicted molar refractivity (Wildman–Crippen MR) is 70.2 cm³/mol. The van der Waals surface area contributed by atoms with Crippen molar-refractivity contribution in [2.45, 2.75) is 6.04 Å². The van der Waals surface area contributed by atoms with Crippen LogP contribution >= 0.6 is 0 Å². The molecule has 1 aromatic rings. The Kier molecular flexibility index (Phi) is 4.02. The number of rotatable bonds is 3. The summed E-state index contributed by atoms with van der Waals surface area (Å²) in [6.07, 6.45) is 0. The van der Waals surface area contributed by atoms with Crippen molar-refractivity contribution in [1.82, 2.24) is 9.80 Å². The maximum absolute atomic E-state index is 5.25. The first-order valence-electron chi connectivity index (χ1n) is 6.10. The molecule has 3 heteroatoms. The van der Waals surface area contributed by atoms with E-state index in [0.29, 0.717) is 0 Å². The van der Waals surface area contributed by atoms with Gasteiger partial charge in [-0.05, 0) is 31.7 Å². The summed E-state index contributed by atoms with van der Waals surface area (Å²) in [5.74, 6) is 0.908. The molecule has 93 valence electrons. The molecule has 1 aliphatic rings. The molecule has 0 spiro atoms. The van der Waals surface area contributed by atoms with E-state index in [0.717, 1.165) is 31.9 Å². The average molecular weight is 233 g/mol. The van der Waals surface area contributed by atoms with E-state index in [1.807, 2.05) is 12.1 Å². The monoisotopic (exact) mass is 233 g/mol. The number of methoxy groups -OCH3 is 1. The first-order valence-corrected chi connectivity index (χ1v) is 6.10. The third kappa shape index (κ3) is 2.99. The summed E-state index contributed by atoms with van der Waals surface area (Å²) in [7, 11) is 3.87. The van der Waals surface area contributed by atoms with Crippen LogP contribution in [0.25, 0.3) is 0 Å². The SMILES string of the molecule is [CH2]C(c1cccc(OC)c1)N1CCN(C)CC1. The van der Waals surface area contributed by atoms with Gasteiger partial charge in [-0.15, -0.1) is 0 Å². The maximum atomic E-state index is 5.25. The molecule has 1 fully saturated rings. The first-order chi connectivity index (χ1) is 8.20. The van der Waals surface area contributed by atoms with Crippen LogP contribution in [0.2, 0.25) is 0 Å². The minimum absolute atomic E-state index is 0.221. The first kappa shape index (κ1) is 12.4. The van der Waals surface area contributed by atoms with Crippen LogP contribution in [0.4, 0.5) is 0 Å². The second kappa shape index (κ2) is 5.52. The molecular formula is C14H21N2O. The highest BCUT2D eigenvalue weighted by Gasteiger charge is 2.20. The summed E-state index contributed by atoms with van der Waals surface area (Å²) >= 11 is 0. The van der Waals surface area contributed by atoms with Gasteiger partial charge in [-0.25, -0.2) is 0 Å². The zero-order valence-corrected chi connectivity index (χ0v) is 10.7. The van der Waals surface area contributed by atoms with E-state index in [1.165, 1.54) is 5.56 Å². The van der Waals surface area contributed by atoms with Crippen molar-refractivity contribution >= 4 is 0 Å². The summed E-state index contributed by atoms with van der Waals surface area (Å²) in [6.45, 7) is 8.70. The maximum Gasteiger partial charge on any atom is 0.119 e. The quantitative estimate of drug-likeness (QED) is 0.792. The Hall–Kier alpha value is -1.06. The molecule has 0 aliphatic carbocycles. The molecule has 1 saturated heterocycles. The Morgan fingerprint density at radius 2 is 1.94 bits per heavy atom. The number of ether oxygens (including phenoxy) is 1. The van der Waals surface area contributed by atoms with Crippen molar-refractivity contribution in [2.75, 3.05) is 40.3 Å². The zero-order valence-electron chi connectivity index (χ0n) is 10.7. The van der Waals surface area contributed by atoms with Crippen LogP contribution in [-0.2, 0) is 0 Å². The van der Waals surface area contributed by atoms with Gasteiger partial charge >= 0.3 is 0 Å². The van der Waals surface area contributed by atoms with E-state index < -0.39 is 0 Å². The van der Waals surface area contributed by atoms with Crippen molar-refractivity contribution < 1.29 is 4.74 Å². The highest BCUT2D eigenvalue weighted by Crippen LogP contribution is 2.24. The van der Waals surface area contributed by atoms with Crippen molar-refractivity contribution in [3.63, 3.8) is 0 Å². The van der Waals surface area contributed by atoms with E-state index in [1.54, 1.807) is 7.11 Å². The van der Waals surface area contributed by atoms with E-state index in [9.17, 15) is 0 Å². The number of benzene rings is 1. The number of likely N-dealkylation sites (N-methyl/N-ethyl adjacent to an activating group) is 1. The molecule has 17 heavy (non-hydrogen) atoms. The van der Waals surface area contributed by atoms with Gasteiger partial charge in [0.1, 0.15) is 5.75 Å². The van der Waals surface area contributed by atoms with Gasteiger partial charge in [0.25, 0.3) is 0 Å². The second-order valence-electron chi connectivity index (χ2n) is 4.63. The van der Waals surface area contributed by atoms with Gasteiger partial charge in [0, 0.05) is 32.2 Å². The summed E-state index contributed by atoms with van der Waals surface area (Å²) in [4.78, 5) is 4.78. The van der Waals surface area contributed by atoms with Crippen molar-refractivity contribution in [3.8, 4) is 5.75 Å². The topological polar surface area (TPSA) is 15.7 Å². The molecule has 0 aromatic heterocycles. The van der Waals surface area contributed by atoms with Gasteiger partial charge < -0.3 is 9.64 Å². The smallest absolute Gasteiger partial charge is 0.119 e. The van der Waals surface area contributed by atoms with E-state index in [4.69, 9.17) is 4.74 Å². The molecule has 1 aromatic carbocycles. The minimum atomic E-state index is 0.221. The summed E-state index contributed by atoms with van der Waals surface area (Å²) in [6, 6.07) is 8.43. The fourth-order valence-corrected chi connectivity index (χ4v) is 2.19. The van der Waals surface area contributed by atoms with Crippen LogP contribution in [0.3, 0.4) is 0 Å². The van der Waals surface area contributed by atoms with Gasteiger partial charge in [0.05, 0.1) is 7.11 Å². The molecule has 1 unspecified atom stereocenters. The lowest BCUT2D eigenvalue weighted by Gasteiger charge is -2.36. The van der Waals surface area contributed by atoms with Gasteiger partial charge in [0.2, 0.25) is 0 Å². The Morgan fingerprint density at radius 1 is 1.24 bits per heavy atom. The molecule has 0 bridgehead atoms. The highest BCUT2D eigenvalue weighted by molar-refractivity contribution is 5.31. The molecule has 0 amide bonds. The van der Waals surface area contributed by atoms with Gasteiger partial charge in [-0.3, -0.25) is 4.90 Å². The fraction of sp³-hybridized carbons (Fsp3) is 0.500. The van der Waals surface area contributed by atoms with Crippen molar-refractivity contribution in [1.29, 1.82) is 0 Å². The fourth-order valence-electron chi connectivity index (χ4n) is 2.19. The molecule has 1 heterocycles. The summed E-state index contributed by atoms with van der Waals surface area (Å²) in [5.41, 5.74) is 1.23. The molecule has 0 N–H and O–H groups in total. The Balaban J connectivity index is 2.05. The normalized spacial score (nSPS) is 20.2. The van der Waals surface area contributed by atoms with Crippen molar-refractivity contribution in [2.24, 2.45) is 0 Å². The second-order valence-corrected chi connectivity index (χ2v) is 4.63. The zero-order chi connectivity index (χ0) is 12.3. The molecular weight excluding hydrogens is 212 g/mol. The average Bonchev–Trinajstić information content (AvgIpc) is 2.39. The molecule has 0 saturated carbocycles. The molecule has 3 nitrogen and oxygen atoms in total. The van der Waals surface area contributed by atoms with Crippen LogP contribution < -0.4 is 4.74 Å². The van der Waals surface area contributed by atoms with E-state index >= 15 is 0 Å². The van der Waals surface area contributed by atoms with Crippen LogP contribution in [0.5, 0.6) is 5.75 Å². The van der Waals surface area contributed by atoms with Crippen LogP contribution in [0.15, 0.2) is 24.3 Å². The van der Waals surface area contributed by atoms with E-state index in [-0.39, 0.29) is 6.04 Å². The Bertz CT molecular complexity index is 359. The molecule has 1 radical (unpaired) electrons. The minimum Gasteiger partial charge on any atom is -0.497 e. The predicted octanol–water partition coefficient (Wildman–Crippen LogP) is 1.82. The summed E-state index contributed by atoms with van der Waals surface area (Å²) in [5, 5.41) is 0. The number of hydrogen-bond donors (Lipinski definition) is 0. The third-order valence-electron chi connectivity index (χ3n) is 3.46. The largest absolute Gasteiger partial charge is 0.497 e. The highest BCUT2D eigenvalue weighted by atomic mass is 16.5. The number of hydrogen-bond acceptors (Lipinski definition) is 3. The van der Waals surface area contributed by atoms with Gasteiger partial charge in [-0.1, -0.05) is 12.1 Å². The van der Waals surface area contributed by atoms with Crippen molar-refractivity contribution in [3.05, 3.63) is 36.8 Å². The van der Waals surface area contributed by atoms with Crippen LogP contribution in [-0.4, -0.2) is 50.1 Å².